The molecule has 0 aromatic heterocycles. The zero-order valence-corrected chi connectivity index (χ0v) is 15.8. The summed E-state index contributed by atoms with van der Waals surface area (Å²) >= 11 is 0. The van der Waals surface area contributed by atoms with Crippen LogP contribution < -0.4 is 0 Å². The fraction of sp³-hybridized carbons (Fsp3) is 0.611. The summed E-state index contributed by atoms with van der Waals surface area (Å²) < 4.78 is 4.96. The van der Waals surface area contributed by atoms with Crippen LogP contribution in [0.2, 0.25) is 0 Å². The van der Waals surface area contributed by atoms with Crippen LogP contribution in [0.3, 0.4) is 0 Å². The fourth-order valence-corrected chi connectivity index (χ4v) is 2.58. The lowest BCUT2D eigenvalue weighted by Gasteiger charge is -2.28. The topological polar surface area (TPSA) is 46.5 Å². The summed E-state index contributed by atoms with van der Waals surface area (Å²) in [4.78, 5) is 11.6. The average molecular weight is 324 g/mol. The second kappa shape index (κ2) is 7.00. The van der Waals surface area contributed by atoms with E-state index in [1.165, 1.54) is 0 Å². The summed E-state index contributed by atoms with van der Waals surface area (Å²) in [5.74, 6) is 0.175. The number of ether oxygens (including phenoxy) is 1. The van der Waals surface area contributed by atoms with Crippen molar-refractivity contribution in [1.29, 1.82) is 0 Å². The Hall–Kier alpha value is -1.08. The van der Waals surface area contributed by atoms with Crippen molar-refractivity contribution in [2.45, 2.75) is 65.2 Å². The van der Waals surface area contributed by atoms with Crippen LogP contribution >= 0.6 is 9.24 Å². The van der Waals surface area contributed by atoms with Gasteiger partial charge in [0.25, 0.3) is 0 Å². The van der Waals surface area contributed by atoms with Gasteiger partial charge in [-0.3, -0.25) is 4.79 Å². The lowest BCUT2D eigenvalue weighted by Crippen LogP contribution is -2.18. The zero-order chi connectivity index (χ0) is 17.1. The molecule has 0 aliphatic rings. The van der Waals surface area contributed by atoms with Gasteiger partial charge in [-0.1, -0.05) is 62.9 Å². The molecule has 22 heavy (non-hydrogen) atoms. The Morgan fingerprint density at radius 1 is 1.09 bits per heavy atom. The van der Waals surface area contributed by atoms with Gasteiger partial charge in [-0.2, -0.15) is 0 Å². The molecule has 1 atom stereocenters. The molecule has 0 spiro atoms. The number of carbonyl (C=O) groups is 1. The second-order valence-electron chi connectivity index (χ2n) is 7.72. The highest BCUT2D eigenvalue weighted by atomic mass is 31.0. The minimum Gasteiger partial charge on any atom is -0.507 e. The van der Waals surface area contributed by atoms with Gasteiger partial charge in [0.15, 0.2) is 0 Å². The molecular formula is C18H29O3P. The number of carbonyl (C=O) groups excluding carboxylic acids is 1. The monoisotopic (exact) mass is 324 g/mol. The minimum absolute atomic E-state index is 0.152. The quantitative estimate of drug-likeness (QED) is 0.663. The molecule has 0 saturated heterocycles. The number of aromatic hydroxyl groups is 1. The van der Waals surface area contributed by atoms with E-state index in [2.05, 4.69) is 50.8 Å². The van der Waals surface area contributed by atoms with Crippen molar-refractivity contribution in [3.8, 4) is 5.75 Å². The molecule has 0 fully saturated rings. The third kappa shape index (κ3) is 4.98. The third-order valence-corrected chi connectivity index (χ3v) is 3.81. The maximum atomic E-state index is 11.6. The second-order valence-corrected chi connectivity index (χ2v) is 8.06. The zero-order valence-electron chi connectivity index (χ0n) is 14.6. The Morgan fingerprint density at radius 2 is 1.55 bits per heavy atom. The molecule has 0 heterocycles. The molecule has 1 unspecified atom stereocenters. The van der Waals surface area contributed by atoms with Gasteiger partial charge in [0.2, 0.25) is 0 Å². The van der Waals surface area contributed by atoms with E-state index in [9.17, 15) is 9.90 Å². The molecule has 0 aliphatic carbocycles. The Kier molecular flexibility index (Phi) is 6.03. The number of benzene rings is 1. The summed E-state index contributed by atoms with van der Waals surface area (Å²) in [5.41, 5.74) is 2.61. The molecule has 1 rings (SSSR count). The molecule has 0 bridgehead atoms. The Labute approximate surface area is 136 Å². The van der Waals surface area contributed by atoms with E-state index in [1.807, 2.05) is 12.1 Å². The molecule has 124 valence electrons. The maximum absolute atomic E-state index is 11.6. The van der Waals surface area contributed by atoms with Crippen LogP contribution in [0.1, 0.15) is 64.7 Å². The number of phenols is 1. The van der Waals surface area contributed by atoms with Crippen LogP contribution in [0, 0.1) is 0 Å². The summed E-state index contributed by atoms with van der Waals surface area (Å²) in [7, 11) is 2.38. The first-order valence-corrected chi connectivity index (χ1v) is 8.51. The van der Waals surface area contributed by atoms with Gasteiger partial charge in [0.05, 0.1) is 0 Å². The third-order valence-electron chi connectivity index (χ3n) is 3.65. The van der Waals surface area contributed by atoms with E-state index in [1.54, 1.807) is 0 Å². The van der Waals surface area contributed by atoms with Crippen LogP contribution in [-0.2, 0) is 26.8 Å². The van der Waals surface area contributed by atoms with Gasteiger partial charge in [0.1, 0.15) is 12.1 Å². The normalized spacial score (nSPS) is 12.3. The van der Waals surface area contributed by atoms with Crippen molar-refractivity contribution in [1.82, 2.24) is 0 Å². The van der Waals surface area contributed by atoms with Crippen molar-refractivity contribution in [2.75, 3.05) is 6.35 Å². The average Bonchev–Trinajstić information content (AvgIpc) is 2.35. The molecule has 0 radical (unpaired) electrons. The fourth-order valence-electron chi connectivity index (χ4n) is 2.39. The molecule has 0 saturated carbocycles. The lowest BCUT2D eigenvalue weighted by molar-refractivity contribution is -0.141. The first kappa shape index (κ1) is 19.0. The minimum atomic E-state index is -0.197. The summed E-state index contributed by atoms with van der Waals surface area (Å²) in [6, 6.07) is 4.02. The summed E-state index contributed by atoms with van der Waals surface area (Å²) in [6.07, 6.45) is 1.30. The lowest BCUT2D eigenvalue weighted by atomic mass is 9.78. The van der Waals surface area contributed by atoms with E-state index in [-0.39, 0.29) is 16.8 Å². The van der Waals surface area contributed by atoms with Gasteiger partial charge in [0, 0.05) is 6.42 Å². The van der Waals surface area contributed by atoms with Crippen molar-refractivity contribution >= 4 is 15.2 Å². The molecule has 3 nitrogen and oxygen atoms in total. The predicted octanol–water partition coefficient (Wildman–Crippen LogP) is 4.30. The SMILES string of the molecule is CC(C)(C)c1cc(CCC(=O)OCP)cc(C(C)(C)C)c1O. The highest BCUT2D eigenvalue weighted by Crippen LogP contribution is 2.39. The Bertz CT molecular complexity index is 501. The van der Waals surface area contributed by atoms with Gasteiger partial charge in [-0.25, -0.2) is 0 Å². The summed E-state index contributed by atoms with van der Waals surface area (Å²) in [5, 5.41) is 10.7. The summed E-state index contributed by atoms with van der Waals surface area (Å²) in [6.45, 7) is 12.5. The molecule has 4 heteroatoms. The Balaban J connectivity index is 3.21. The van der Waals surface area contributed by atoms with Crippen LogP contribution in [-0.4, -0.2) is 17.4 Å². The molecular weight excluding hydrogens is 295 g/mol. The van der Waals surface area contributed by atoms with Crippen molar-refractivity contribution in [3.05, 3.63) is 28.8 Å². The number of rotatable bonds is 4. The molecule has 0 amide bonds. The Morgan fingerprint density at radius 3 is 1.91 bits per heavy atom. The molecule has 1 aromatic rings. The van der Waals surface area contributed by atoms with Crippen molar-refractivity contribution < 1.29 is 14.6 Å². The van der Waals surface area contributed by atoms with Gasteiger partial charge in [-0.05, 0) is 33.9 Å². The standard InChI is InChI=1S/C18H29O3P/c1-17(2,3)13-9-12(7-8-15(19)21-11-22)10-14(16(13)20)18(4,5)6/h9-10,20H,7-8,11,22H2,1-6H3. The van der Waals surface area contributed by atoms with Crippen LogP contribution in [0.5, 0.6) is 5.75 Å². The van der Waals surface area contributed by atoms with E-state index < -0.39 is 0 Å². The van der Waals surface area contributed by atoms with E-state index >= 15 is 0 Å². The highest BCUT2D eigenvalue weighted by Gasteiger charge is 2.26. The van der Waals surface area contributed by atoms with Crippen LogP contribution in [0.15, 0.2) is 12.1 Å². The highest BCUT2D eigenvalue weighted by molar-refractivity contribution is 7.16. The smallest absolute Gasteiger partial charge is 0.306 e. The van der Waals surface area contributed by atoms with Crippen LogP contribution in [0.4, 0.5) is 0 Å². The first-order valence-electron chi connectivity index (χ1n) is 7.69. The number of hydrogen-bond acceptors (Lipinski definition) is 3. The number of esters is 1. The van der Waals surface area contributed by atoms with E-state index in [0.29, 0.717) is 24.9 Å². The largest absolute Gasteiger partial charge is 0.507 e. The van der Waals surface area contributed by atoms with E-state index in [4.69, 9.17) is 4.74 Å². The van der Waals surface area contributed by atoms with Crippen molar-refractivity contribution in [2.24, 2.45) is 0 Å². The predicted molar refractivity (Wildman–Crippen MR) is 94.5 cm³/mol. The van der Waals surface area contributed by atoms with Crippen molar-refractivity contribution in [3.63, 3.8) is 0 Å². The van der Waals surface area contributed by atoms with Crippen LogP contribution in [0.25, 0.3) is 0 Å². The van der Waals surface area contributed by atoms with Gasteiger partial charge < -0.3 is 9.84 Å². The number of aryl methyl sites for hydroxylation is 1. The first-order chi connectivity index (χ1) is 9.96. The van der Waals surface area contributed by atoms with E-state index in [0.717, 1.165) is 16.7 Å². The molecule has 1 N–H and O–H groups in total. The molecule has 1 aromatic carbocycles. The van der Waals surface area contributed by atoms with Gasteiger partial charge >= 0.3 is 5.97 Å². The maximum Gasteiger partial charge on any atom is 0.306 e. The molecule has 0 aliphatic heterocycles. The van der Waals surface area contributed by atoms with Gasteiger partial charge in [-0.15, -0.1) is 0 Å². The number of hydrogen-bond donors (Lipinski definition) is 1. The number of phenolic OH excluding ortho intramolecular Hbond substituents is 1.